The molecule has 1 atom stereocenters. The summed E-state index contributed by atoms with van der Waals surface area (Å²) in [5.74, 6) is 0.413. The summed E-state index contributed by atoms with van der Waals surface area (Å²) in [6.45, 7) is 2.38. The molecule has 8 heteroatoms. The van der Waals surface area contributed by atoms with Gasteiger partial charge in [0.05, 0.1) is 16.8 Å². The molecule has 0 aromatic carbocycles. The van der Waals surface area contributed by atoms with Crippen molar-refractivity contribution in [3.05, 3.63) is 10.6 Å². The van der Waals surface area contributed by atoms with Crippen LogP contribution in [0.25, 0.3) is 10.2 Å². The van der Waals surface area contributed by atoms with E-state index in [2.05, 4.69) is 10.4 Å². The monoisotopic (exact) mass is 314 g/mol. The molecule has 0 aliphatic heterocycles. The smallest absolute Gasteiger partial charge is 0.263 e. The molecule has 3 N–H and O–H groups in total. The number of aryl methyl sites for hydroxylation is 2. The lowest BCUT2D eigenvalue weighted by atomic mass is 10.2. The first-order valence-corrected chi connectivity index (χ1v) is 8.76. The number of anilines is 1. The lowest BCUT2D eigenvalue weighted by molar-refractivity contribution is 0.0958. The van der Waals surface area contributed by atoms with Crippen molar-refractivity contribution >= 4 is 43.9 Å². The number of nitrogens with two attached hydrogens (primary N) is 1. The minimum Gasteiger partial charge on any atom is -0.397 e. The van der Waals surface area contributed by atoms with Gasteiger partial charge in [0.25, 0.3) is 5.91 Å². The second kappa shape index (κ2) is 5.92. The van der Waals surface area contributed by atoms with E-state index in [1.807, 2.05) is 14.0 Å². The number of nitrogen functional groups attached to an aromatic ring is 1. The molecule has 2 heterocycles. The number of hydrogen-bond acceptors (Lipinski definition) is 5. The van der Waals surface area contributed by atoms with Crippen LogP contribution in [-0.2, 0) is 17.8 Å². The van der Waals surface area contributed by atoms with Crippen molar-refractivity contribution in [3.8, 4) is 0 Å². The molecule has 20 heavy (non-hydrogen) atoms. The molecule has 0 saturated carbocycles. The van der Waals surface area contributed by atoms with Gasteiger partial charge in [-0.15, -0.1) is 11.3 Å². The van der Waals surface area contributed by atoms with Gasteiger partial charge in [-0.1, -0.05) is 0 Å². The molecule has 110 valence electrons. The molecule has 1 amide bonds. The fraction of sp³-hybridized carbons (Fsp3) is 0.500. The summed E-state index contributed by atoms with van der Waals surface area (Å²) in [5.41, 5.74) is 7.38. The van der Waals surface area contributed by atoms with Crippen LogP contribution < -0.4 is 11.1 Å². The van der Waals surface area contributed by atoms with Crippen molar-refractivity contribution in [2.75, 3.05) is 24.3 Å². The van der Waals surface area contributed by atoms with Crippen LogP contribution in [0.5, 0.6) is 0 Å². The Labute approximate surface area is 123 Å². The van der Waals surface area contributed by atoms with Crippen LogP contribution in [-0.4, -0.2) is 38.4 Å². The zero-order valence-corrected chi connectivity index (χ0v) is 13.4. The van der Waals surface area contributed by atoms with E-state index >= 15 is 0 Å². The fourth-order valence-corrected chi connectivity index (χ4v) is 3.71. The third kappa shape index (κ3) is 2.85. The topological polar surface area (TPSA) is 90.0 Å². The second-order valence-corrected chi connectivity index (χ2v) is 7.17. The molecule has 1 unspecified atom stereocenters. The normalized spacial score (nSPS) is 12.8. The number of fused-ring (bicyclic) bond motifs is 1. The first-order chi connectivity index (χ1) is 9.41. The maximum Gasteiger partial charge on any atom is 0.263 e. The number of nitrogens with one attached hydrogen (secondary N) is 1. The Morgan fingerprint density at radius 2 is 2.25 bits per heavy atom. The molecule has 0 aliphatic rings. The van der Waals surface area contributed by atoms with Crippen molar-refractivity contribution in [3.63, 3.8) is 0 Å². The van der Waals surface area contributed by atoms with Gasteiger partial charge < -0.3 is 11.1 Å². The maximum absolute atomic E-state index is 12.1. The van der Waals surface area contributed by atoms with E-state index in [9.17, 15) is 9.00 Å². The van der Waals surface area contributed by atoms with E-state index in [0.29, 0.717) is 29.3 Å². The van der Waals surface area contributed by atoms with Crippen LogP contribution >= 0.6 is 11.3 Å². The number of carbonyl (C=O) groups excluding carboxylic acids is 1. The Morgan fingerprint density at radius 3 is 2.85 bits per heavy atom. The van der Waals surface area contributed by atoms with E-state index in [1.165, 1.54) is 11.3 Å². The lowest BCUT2D eigenvalue weighted by Gasteiger charge is -2.03. The summed E-state index contributed by atoms with van der Waals surface area (Å²) < 4.78 is 12.7. The highest BCUT2D eigenvalue weighted by Gasteiger charge is 2.20. The Balaban J connectivity index is 2.12. The molecular formula is C12H18N4O2S2. The van der Waals surface area contributed by atoms with Crippen LogP contribution in [0.3, 0.4) is 0 Å². The Kier molecular flexibility index (Phi) is 4.44. The summed E-state index contributed by atoms with van der Waals surface area (Å²) in [6, 6.07) is 0. The molecule has 2 aromatic rings. The van der Waals surface area contributed by atoms with Gasteiger partial charge in [-0.25, -0.2) is 0 Å². The maximum atomic E-state index is 12.1. The molecule has 0 radical (unpaired) electrons. The van der Waals surface area contributed by atoms with Crippen LogP contribution in [0.2, 0.25) is 0 Å². The average Bonchev–Trinajstić information content (AvgIpc) is 2.85. The van der Waals surface area contributed by atoms with Crippen LogP contribution in [0, 0.1) is 6.92 Å². The van der Waals surface area contributed by atoms with Crippen molar-refractivity contribution < 1.29 is 9.00 Å². The first-order valence-electron chi connectivity index (χ1n) is 6.21. The Morgan fingerprint density at radius 1 is 1.55 bits per heavy atom. The molecule has 2 rings (SSSR count). The van der Waals surface area contributed by atoms with Crippen molar-refractivity contribution in [2.24, 2.45) is 7.05 Å². The highest BCUT2D eigenvalue weighted by molar-refractivity contribution is 7.84. The van der Waals surface area contributed by atoms with E-state index in [-0.39, 0.29) is 5.91 Å². The van der Waals surface area contributed by atoms with Gasteiger partial charge in [-0.2, -0.15) is 5.10 Å². The van der Waals surface area contributed by atoms with Crippen LogP contribution in [0.4, 0.5) is 5.69 Å². The molecule has 6 nitrogen and oxygen atoms in total. The second-order valence-electron chi connectivity index (χ2n) is 4.62. The Bertz CT molecular complexity index is 675. The van der Waals surface area contributed by atoms with Crippen molar-refractivity contribution in [2.45, 2.75) is 13.3 Å². The molecule has 2 aromatic heterocycles. The van der Waals surface area contributed by atoms with E-state index in [4.69, 9.17) is 5.73 Å². The standard InChI is InChI=1S/C12H18N4O2S2/c1-7-8-9(13)10(19-12(8)16(2)15-7)11(17)14-5-4-6-20(3)18/h4-6,13H2,1-3H3,(H,14,17). The minimum atomic E-state index is -0.826. The summed E-state index contributed by atoms with van der Waals surface area (Å²) >= 11 is 1.35. The van der Waals surface area contributed by atoms with E-state index in [1.54, 1.807) is 10.9 Å². The number of nitrogens with zero attached hydrogens (tertiary/aromatic N) is 2. The van der Waals surface area contributed by atoms with Gasteiger partial charge in [-0.3, -0.25) is 13.7 Å². The number of thiophene rings is 1. The average molecular weight is 314 g/mol. The Hall–Kier alpha value is -1.41. The number of carbonyl (C=O) groups is 1. The number of rotatable bonds is 5. The molecule has 0 aliphatic carbocycles. The van der Waals surface area contributed by atoms with Gasteiger partial charge in [0.2, 0.25) is 0 Å². The summed E-state index contributed by atoms with van der Waals surface area (Å²) in [7, 11) is 1.01. The van der Waals surface area contributed by atoms with E-state index < -0.39 is 10.8 Å². The van der Waals surface area contributed by atoms with Crippen molar-refractivity contribution in [1.29, 1.82) is 0 Å². The van der Waals surface area contributed by atoms with Gasteiger partial charge in [0.15, 0.2) is 0 Å². The van der Waals surface area contributed by atoms with Crippen LogP contribution in [0.1, 0.15) is 21.8 Å². The van der Waals surface area contributed by atoms with Gasteiger partial charge in [0.1, 0.15) is 9.71 Å². The van der Waals surface area contributed by atoms with E-state index in [0.717, 1.165) is 15.9 Å². The number of aromatic nitrogens is 2. The predicted octanol–water partition coefficient (Wildman–Crippen LogP) is 1.02. The summed E-state index contributed by atoms with van der Waals surface area (Å²) in [6.07, 6.45) is 2.35. The van der Waals surface area contributed by atoms with Gasteiger partial charge >= 0.3 is 0 Å². The van der Waals surface area contributed by atoms with Crippen molar-refractivity contribution in [1.82, 2.24) is 15.1 Å². The molecule has 0 saturated heterocycles. The molecule has 0 fully saturated rings. The predicted molar refractivity (Wildman–Crippen MR) is 83.6 cm³/mol. The highest BCUT2D eigenvalue weighted by Crippen LogP contribution is 2.35. The molecule has 0 spiro atoms. The fourth-order valence-electron chi connectivity index (χ4n) is 2.06. The van der Waals surface area contributed by atoms with Gasteiger partial charge in [-0.05, 0) is 13.3 Å². The zero-order valence-electron chi connectivity index (χ0n) is 11.7. The summed E-state index contributed by atoms with van der Waals surface area (Å²) in [5, 5.41) is 7.96. The first kappa shape index (κ1) is 15.0. The number of hydrogen-bond donors (Lipinski definition) is 2. The minimum absolute atomic E-state index is 0.176. The third-order valence-electron chi connectivity index (χ3n) is 2.98. The zero-order chi connectivity index (χ0) is 14.9. The lowest BCUT2D eigenvalue weighted by Crippen LogP contribution is -2.25. The number of amides is 1. The molecule has 0 bridgehead atoms. The summed E-state index contributed by atoms with van der Waals surface area (Å²) in [4.78, 5) is 13.5. The molecular weight excluding hydrogens is 296 g/mol. The van der Waals surface area contributed by atoms with Crippen LogP contribution in [0.15, 0.2) is 0 Å². The third-order valence-corrected chi connectivity index (χ3v) is 5.12. The van der Waals surface area contributed by atoms with Gasteiger partial charge in [0, 0.05) is 36.4 Å². The quantitative estimate of drug-likeness (QED) is 0.806. The highest BCUT2D eigenvalue weighted by atomic mass is 32.2. The SMILES string of the molecule is Cc1nn(C)c2sc(C(=O)NCCCS(C)=O)c(N)c12. The largest absolute Gasteiger partial charge is 0.397 e.